The Morgan fingerprint density at radius 2 is 1.00 bits per heavy atom. The third kappa shape index (κ3) is 32.6. The zero-order chi connectivity index (χ0) is 31.5. The first-order valence-electron chi connectivity index (χ1n) is 17.7. The Bertz CT molecular complexity index is 737. The Labute approximate surface area is 265 Å². The first-order valence-corrected chi connectivity index (χ1v) is 17.7. The molecule has 0 aromatic carbocycles. The van der Waals surface area contributed by atoms with E-state index in [0.29, 0.717) is 12.8 Å². The lowest BCUT2D eigenvalue weighted by Crippen LogP contribution is -2.28. The van der Waals surface area contributed by atoms with Crippen LogP contribution in [0, 0.1) is 0 Å². The number of unbranched alkanes of at least 4 members (excludes halogenated alkanes) is 15. The average molecular weight is 603 g/mol. The summed E-state index contributed by atoms with van der Waals surface area (Å²) in [6.45, 7) is 3.98. The van der Waals surface area contributed by atoms with Crippen LogP contribution < -0.4 is 0 Å². The predicted molar refractivity (Wildman–Crippen MR) is 182 cm³/mol. The fraction of sp³-hybridized carbons (Fsp3) is 0.737. The molecule has 0 amide bonds. The number of ether oxygens (including phenoxy) is 2. The molecule has 0 fully saturated rings. The molecule has 1 atom stereocenters. The van der Waals surface area contributed by atoms with Crippen molar-refractivity contribution in [3.63, 3.8) is 0 Å². The van der Waals surface area contributed by atoms with Gasteiger partial charge in [-0.1, -0.05) is 146 Å². The number of hydrogen-bond acceptors (Lipinski definition) is 5. The average Bonchev–Trinajstić information content (AvgIpc) is 3.01. The number of hydrogen-bond donors (Lipinski definition) is 1. The van der Waals surface area contributed by atoms with Crippen LogP contribution >= 0.6 is 0 Å². The largest absolute Gasteiger partial charge is 0.462 e. The van der Waals surface area contributed by atoms with Gasteiger partial charge < -0.3 is 14.6 Å². The van der Waals surface area contributed by atoms with Crippen molar-refractivity contribution < 1.29 is 24.2 Å². The molecule has 43 heavy (non-hydrogen) atoms. The zero-order valence-electron chi connectivity index (χ0n) is 28.0. The number of carbonyl (C=O) groups excluding carboxylic acids is 2. The summed E-state index contributed by atoms with van der Waals surface area (Å²) in [5.41, 5.74) is 0. The fourth-order valence-corrected chi connectivity index (χ4v) is 4.72. The second-order valence-electron chi connectivity index (χ2n) is 11.6. The zero-order valence-corrected chi connectivity index (χ0v) is 28.0. The van der Waals surface area contributed by atoms with Crippen LogP contribution in [0.25, 0.3) is 0 Å². The molecule has 0 aromatic heterocycles. The highest BCUT2D eigenvalue weighted by molar-refractivity contribution is 5.70. The van der Waals surface area contributed by atoms with E-state index in [1.54, 1.807) is 0 Å². The first kappa shape index (κ1) is 40.9. The maximum Gasteiger partial charge on any atom is 0.306 e. The van der Waals surface area contributed by atoms with Gasteiger partial charge in [0.1, 0.15) is 6.61 Å². The van der Waals surface area contributed by atoms with Gasteiger partial charge in [-0.15, -0.1) is 0 Å². The van der Waals surface area contributed by atoms with E-state index in [2.05, 4.69) is 62.5 Å². The summed E-state index contributed by atoms with van der Waals surface area (Å²) in [4.78, 5) is 24.1. The van der Waals surface area contributed by atoms with E-state index >= 15 is 0 Å². The predicted octanol–water partition coefficient (Wildman–Crippen LogP) is 10.7. The molecule has 0 aliphatic heterocycles. The van der Waals surface area contributed by atoms with E-state index < -0.39 is 6.10 Å². The number of esters is 2. The molecule has 0 heterocycles. The van der Waals surface area contributed by atoms with E-state index in [9.17, 15) is 14.7 Å². The molecule has 0 spiro atoms. The van der Waals surface area contributed by atoms with Crippen molar-refractivity contribution in [3.8, 4) is 0 Å². The third-order valence-corrected chi connectivity index (χ3v) is 7.39. The quantitative estimate of drug-likeness (QED) is 0.0485. The summed E-state index contributed by atoms with van der Waals surface area (Å²) in [5, 5.41) is 9.51. The Kier molecular flexibility index (Phi) is 32.6. The van der Waals surface area contributed by atoms with Gasteiger partial charge in [-0.2, -0.15) is 0 Å². The number of allylic oxidation sites excluding steroid dienone is 8. The molecule has 0 aromatic rings. The molecule has 1 unspecified atom stereocenters. The van der Waals surface area contributed by atoms with Crippen LogP contribution in [0.4, 0.5) is 0 Å². The van der Waals surface area contributed by atoms with E-state index in [1.807, 2.05) is 0 Å². The number of rotatable bonds is 31. The third-order valence-electron chi connectivity index (χ3n) is 7.39. The van der Waals surface area contributed by atoms with Crippen LogP contribution in [-0.2, 0) is 19.1 Å². The summed E-state index contributed by atoms with van der Waals surface area (Å²) in [7, 11) is 0. The second kappa shape index (κ2) is 34.4. The first-order chi connectivity index (χ1) is 21.1. The summed E-state index contributed by atoms with van der Waals surface area (Å²) in [6.07, 6.45) is 41.6. The van der Waals surface area contributed by atoms with Gasteiger partial charge in [-0.25, -0.2) is 0 Å². The summed E-state index contributed by atoms with van der Waals surface area (Å²) < 4.78 is 10.5. The van der Waals surface area contributed by atoms with Gasteiger partial charge in [0.2, 0.25) is 0 Å². The minimum atomic E-state index is -0.781. The molecular formula is C38H66O5. The van der Waals surface area contributed by atoms with E-state index in [4.69, 9.17) is 9.47 Å². The lowest BCUT2D eigenvalue weighted by Gasteiger charge is -2.15. The minimum Gasteiger partial charge on any atom is -0.462 e. The Hall–Kier alpha value is -2.14. The molecule has 0 rings (SSSR count). The van der Waals surface area contributed by atoms with E-state index in [1.165, 1.54) is 57.8 Å². The lowest BCUT2D eigenvalue weighted by molar-refractivity contribution is -0.161. The topological polar surface area (TPSA) is 72.8 Å². The van der Waals surface area contributed by atoms with Crippen molar-refractivity contribution in [2.45, 2.75) is 168 Å². The van der Waals surface area contributed by atoms with E-state index in [0.717, 1.165) is 77.0 Å². The number of carbonyl (C=O) groups is 2. The Morgan fingerprint density at radius 1 is 0.558 bits per heavy atom. The van der Waals surface area contributed by atoms with Crippen LogP contribution in [0.5, 0.6) is 0 Å². The summed E-state index contributed by atoms with van der Waals surface area (Å²) >= 11 is 0. The highest BCUT2D eigenvalue weighted by atomic mass is 16.6. The van der Waals surface area contributed by atoms with Crippen LogP contribution in [0.3, 0.4) is 0 Å². The summed E-state index contributed by atoms with van der Waals surface area (Å²) in [5.74, 6) is -0.621. The molecule has 5 nitrogen and oxygen atoms in total. The van der Waals surface area contributed by atoms with Crippen molar-refractivity contribution in [2.75, 3.05) is 13.2 Å². The van der Waals surface area contributed by atoms with E-state index in [-0.39, 0.29) is 25.2 Å². The lowest BCUT2D eigenvalue weighted by atomic mass is 10.0. The SMILES string of the molecule is CC/C=C\C/C=C\C/C=C\C/C=C\CCCCCCC(=O)OC(CO)COC(=O)CCCCCCCCCCCCCC. The van der Waals surface area contributed by atoms with Gasteiger partial charge >= 0.3 is 11.9 Å². The van der Waals surface area contributed by atoms with Crippen molar-refractivity contribution in [1.82, 2.24) is 0 Å². The van der Waals surface area contributed by atoms with Gasteiger partial charge in [0.25, 0.3) is 0 Å². The van der Waals surface area contributed by atoms with Crippen molar-refractivity contribution >= 4 is 11.9 Å². The Morgan fingerprint density at radius 3 is 1.51 bits per heavy atom. The standard InChI is InChI=1S/C38H66O5/c1-3-5-7-9-11-13-15-17-18-19-20-21-23-25-27-29-31-33-38(41)43-36(34-39)35-42-37(40)32-30-28-26-24-22-16-14-12-10-8-6-4-2/h5,7,11,13,17-18,20-21,36,39H,3-4,6,8-10,12,14-16,19,22-35H2,1-2H3/b7-5-,13-11-,18-17-,21-20-. The molecule has 0 saturated heterocycles. The molecule has 0 aliphatic rings. The van der Waals surface area contributed by atoms with Crippen LogP contribution in [0.1, 0.15) is 162 Å². The molecule has 248 valence electrons. The number of aliphatic hydroxyl groups is 1. The molecule has 0 bridgehead atoms. The van der Waals surface area contributed by atoms with Gasteiger partial charge in [-0.05, 0) is 51.4 Å². The van der Waals surface area contributed by atoms with Crippen LogP contribution in [0.15, 0.2) is 48.6 Å². The van der Waals surface area contributed by atoms with Crippen molar-refractivity contribution in [2.24, 2.45) is 0 Å². The molecular weight excluding hydrogens is 536 g/mol. The van der Waals surface area contributed by atoms with Gasteiger partial charge in [-0.3, -0.25) is 9.59 Å². The molecule has 0 saturated carbocycles. The monoisotopic (exact) mass is 602 g/mol. The summed E-state index contributed by atoms with van der Waals surface area (Å²) in [6, 6.07) is 0. The van der Waals surface area contributed by atoms with Crippen LogP contribution in [-0.4, -0.2) is 36.4 Å². The van der Waals surface area contributed by atoms with Crippen molar-refractivity contribution in [1.29, 1.82) is 0 Å². The normalized spacial score (nSPS) is 12.7. The Balaban J connectivity index is 3.64. The smallest absolute Gasteiger partial charge is 0.306 e. The second-order valence-corrected chi connectivity index (χ2v) is 11.6. The maximum atomic E-state index is 12.1. The van der Waals surface area contributed by atoms with Gasteiger partial charge in [0.15, 0.2) is 6.10 Å². The number of aliphatic hydroxyl groups excluding tert-OH is 1. The highest BCUT2D eigenvalue weighted by Crippen LogP contribution is 2.13. The molecule has 0 radical (unpaired) electrons. The maximum absolute atomic E-state index is 12.1. The van der Waals surface area contributed by atoms with Crippen LogP contribution in [0.2, 0.25) is 0 Å². The molecule has 1 N–H and O–H groups in total. The minimum absolute atomic E-state index is 0.0752. The van der Waals surface area contributed by atoms with Crippen molar-refractivity contribution in [3.05, 3.63) is 48.6 Å². The fourth-order valence-electron chi connectivity index (χ4n) is 4.72. The van der Waals surface area contributed by atoms with Gasteiger partial charge in [0.05, 0.1) is 6.61 Å². The van der Waals surface area contributed by atoms with Gasteiger partial charge in [0, 0.05) is 12.8 Å². The highest BCUT2D eigenvalue weighted by Gasteiger charge is 2.16. The molecule has 5 heteroatoms. The molecule has 0 aliphatic carbocycles.